The summed E-state index contributed by atoms with van der Waals surface area (Å²) in [5.74, 6) is -1.73. The van der Waals surface area contributed by atoms with Crippen LogP contribution in [0.5, 0.6) is 5.75 Å². The monoisotopic (exact) mass is 549 g/mol. The number of unbranched alkanes of at least 4 members (excludes halogenated alkanes) is 1. The summed E-state index contributed by atoms with van der Waals surface area (Å²) < 4.78 is 12.0. The smallest absolute Gasteiger partial charge is 0.245 e. The third kappa shape index (κ3) is 5.08. The van der Waals surface area contributed by atoms with Gasteiger partial charge in [0.15, 0.2) is 0 Å². The number of anilines is 1. The van der Waals surface area contributed by atoms with Crippen LogP contribution in [0.1, 0.15) is 45.1 Å². The number of aliphatic hydroxyl groups is 1. The van der Waals surface area contributed by atoms with Crippen molar-refractivity contribution in [2.75, 3.05) is 25.1 Å². The molecule has 2 bridgehead atoms. The minimum absolute atomic E-state index is 0.288. The fourth-order valence-electron chi connectivity index (χ4n) is 6.73. The van der Waals surface area contributed by atoms with Gasteiger partial charge in [0.05, 0.1) is 37.2 Å². The molecule has 0 radical (unpaired) electrons. The van der Waals surface area contributed by atoms with Gasteiger partial charge in [0, 0.05) is 12.2 Å². The standard InChI is InChI=1S/C31H39N3O6/c1-3-5-17-32-29(37)27-31-16-15-24(40-31)25(28(36)33-21-11-13-23(14-12-21)39-4-2)26(31)30(38)34(27)22(19-35)18-20-9-7-6-8-10-20/h6-14,22,24-27,35H,3-5,15-19H2,1-2H3,(H,32,37)(H,33,36)/t22-,24-,25+,26+,27?,31?/m1/s1. The van der Waals surface area contributed by atoms with Gasteiger partial charge in [-0.3, -0.25) is 14.4 Å². The van der Waals surface area contributed by atoms with Gasteiger partial charge in [0.25, 0.3) is 0 Å². The number of hydrogen-bond acceptors (Lipinski definition) is 6. The van der Waals surface area contributed by atoms with Gasteiger partial charge in [-0.15, -0.1) is 0 Å². The second-order valence-electron chi connectivity index (χ2n) is 10.9. The molecule has 9 nitrogen and oxygen atoms in total. The number of likely N-dealkylation sites (tertiary alicyclic amines) is 1. The van der Waals surface area contributed by atoms with E-state index in [1.54, 1.807) is 24.3 Å². The number of ether oxygens (including phenoxy) is 2. The number of nitrogens with one attached hydrogen (secondary N) is 2. The van der Waals surface area contributed by atoms with E-state index in [1.807, 2.05) is 44.2 Å². The largest absolute Gasteiger partial charge is 0.494 e. The molecule has 3 aliphatic heterocycles. The molecule has 3 fully saturated rings. The van der Waals surface area contributed by atoms with Crippen LogP contribution in [0.25, 0.3) is 0 Å². The van der Waals surface area contributed by atoms with E-state index in [4.69, 9.17) is 9.47 Å². The Balaban J connectivity index is 1.44. The van der Waals surface area contributed by atoms with Crippen molar-refractivity contribution in [1.29, 1.82) is 0 Å². The van der Waals surface area contributed by atoms with Crippen molar-refractivity contribution in [3.63, 3.8) is 0 Å². The topological polar surface area (TPSA) is 117 Å². The molecule has 5 rings (SSSR count). The summed E-state index contributed by atoms with van der Waals surface area (Å²) >= 11 is 0. The average molecular weight is 550 g/mol. The molecule has 3 heterocycles. The third-order valence-corrected chi connectivity index (χ3v) is 8.47. The van der Waals surface area contributed by atoms with Gasteiger partial charge in [0.2, 0.25) is 17.7 Å². The van der Waals surface area contributed by atoms with Gasteiger partial charge in [-0.05, 0) is 62.4 Å². The van der Waals surface area contributed by atoms with Crippen LogP contribution in [0.15, 0.2) is 54.6 Å². The zero-order chi connectivity index (χ0) is 28.3. The zero-order valence-corrected chi connectivity index (χ0v) is 23.2. The SMILES string of the molecule is CCCCNC(=O)C1N([C@@H](CO)Cc2ccccc2)C(=O)[C@@H]2[C@@H](C(=O)Nc3ccc(OCC)cc3)[C@H]3CCC12O3. The van der Waals surface area contributed by atoms with E-state index >= 15 is 0 Å². The van der Waals surface area contributed by atoms with Crippen LogP contribution in [0.2, 0.25) is 0 Å². The number of nitrogens with zero attached hydrogens (tertiary/aromatic N) is 1. The van der Waals surface area contributed by atoms with Crippen LogP contribution in [-0.4, -0.2) is 71.3 Å². The Hall–Kier alpha value is -3.43. The number of carbonyl (C=O) groups excluding carboxylic acids is 3. The number of carbonyl (C=O) groups is 3. The van der Waals surface area contributed by atoms with Gasteiger partial charge < -0.3 is 30.1 Å². The van der Waals surface area contributed by atoms with Gasteiger partial charge in [0.1, 0.15) is 17.4 Å². The molecule has 3 aliphatic rings. The van der Waals surface area contributed by atoms with Crippen molar-refractivity contribution < 1.29 is 29.0 Å². The minimum atomic E-state index is -1.11. The van der Waals surface area contributed by atoms with E-state index in [-0.39, 0.29) is 24.3 Å². The highest BCUT2D eigenvalue weighted by atomic mass is 16.5. The van der Waals surface area contributed by atoms with Crippen molar-refractivity contribution in [2.45, 2.75) is 69.7 Å². The fraction of sp³-hybridized carbons (Fsp3) is 0.516. The Morgan fingerprint density at radius 2 is 1.88 bits per heavy atom. The van der Waals surface area contributed by atoms with E-state index in [0.717, 1.165) is 18.4 Å². The van der Waals surface area contributed by atoms with Gasteiger partial charge in [-0.2, -0.15) is 0 Å². The number of rotatable bonds is 12. The highest BCUT2D eigenvalue weighted by Crippen LogP contribution is 2.59. The molecule has 40 heavy (non-hydrogen) atoms. The molecule has 0 aliphatic carbocycles. The number of benzene rings is 2. The molecule has 2 aromatic rings. The molecule has 3 amide bonds. The zero-order valence-electron chi connectivity index (χ0n) is 23.2. The van der Waals surface area contributed by atoms with Crippen LogP contribution < -0.4 is 15.4 Å². The summed E-state index contributed by atoms with van der Waals surface area (Å²) in [6.07, 6.45) is 2.75. The van der Waals surface area contributed by atoms with Gasteiger partial charge in [-0.1, -0.05) is 43.7 Å². The predicted molar refractivity (Wildman–Crippen MR) is 150 cm³/mol. The highest BCUT2D eigenvalue weighted by molar-refractivity contribution is 6.02. The second-order valence-corrected chi connectivity index (χ2v) is 10.9. The summed E-state index contributed by atoms with van der Waals surface area (Å²) in [5.41, 5.74) is 0.436. The average Bonchev–Trinajstić information content (AvgIpc) is 3.61. The Morgan fingerprint density at radius 1 is 1.12 bits per heavy atom. The first-order valence-electron chi connectivity index (χ1n) is 14.4. The first-order valence-corrected chi connectivity index (χ1v) is 14.4. The molecule has 214 valence electrons. The van der Waals surface area contributed by atoms with Crippen molar-refractivity contribution in [3.05, 3.63) is 60.2 Å². The minimum Gasteiger partial charge on any atom is -0.494 e. The molecular weight excluding hydrogens is 510 g/mol. The summed E-state index contributed by atoms with van der Waals surface area (Å²) in [5, 5.41) is 16.4. The maximum absolute atomic E-state index is 14.2. The summed E-state index contributed by atoms with van der Waals surface area (Å²) in [6, 6.07) is 15.1. The molecule has 2 aromatic carbocycles. The lowest BCUT2D eigenvalue weighted by Crippen LogP contribution is -2.58. The summed E-state index contributed by atoms with van der Waals surface area (Å²) in [4.78, 5) is 43.2. The lowest BCUT2D eigenvalue weighted by molar-refractivity contribution is -0.145. The Bertz CT molecular complexity index is 1210. The van der Waals surface area contributed by atoms with E-state index in [2.05, 4.69) is 10.6 Å². The van der Waals surface area contributed by atoms with Gasteiger partial charge >= 0.3 is 0 Å². The molecule has 9 heteroatoms. The van der Waals surface area contributed by atoms with Crippen LogP contribution >= 0.6 is 0 Å². The van der Waals surface area contributed by atoms with E-state index in [9.17, 15) is 19.5 Å². The highest BCUT2D eigenvalue weighted by Gasteiger charge is 2.75. The van der Waals surface area contributed by atoms with E-state index < -0.39 is 35.6 Å². The molecule has 2 unspecified atom stereocenters. The fourth-order valence-corrected chi connectivity index (χ4v) is 6.73. The van der Waals surface area contributed by atoms with Crippen molar-refractivity contribution >= 4 is 23.4 Å². The predicted octanol–water partition coefficient (Wildman–Crippen LogP) is 2.92. The van der Waals surface area contributed by atoms with Gasteiger partial charge in [-0.25, -0.2) is 0 Å². The first-order chi connectivity index (χ1) is 19.4. The van der Waals surface area contributed by atoms with Crippen LogP contribution in [0, 0.1) is 11.8 Å². The van der Waals surface area contributed by atoms with Crippen molar-refractivity contribution in [3.8, 4) is 5.75 Å². The maximum Gasteiger partial charge on any atom is 0.245 e. The summed E-state index contributed by atoms with van der Waals surface area (Å²) in [7, 11) is 0. The first kappa shape index (κ1) is 28.1. The molecule has 0 aromatic heterocycles. The summed E-state index contributed by atoms with van der Waals surface area (Å²) in [6.45, 7) is 4.67. The number of fused-ring (bicyclic) bond motifs is 1. The van der Waals surface area contributed by atoms with Crippen LogP contribution in [-0.2, 0) is 25.5 Å². The number of aliphatic hydroxyl groups excluding tert-OH is 1. The quantitative estimate of drug-likeness (QED) is 0.351. The molecule has 0 saturated carbocycles. The molecule has 3 saturated heterocycles. The van der Waals surface area contributed by atoms with Crippen molar-refractivity contribution in [2.24, 2.45) is 11.8 Å². The Morgan fingerprint density at radius 3 is 2.55 bits per heavy atom. The Labute approximate surface area is 235 Å². The lowest BCUT2D eigenvalue weighted by atomic mass is 9.70. The molecule has 3 N–H and O–H groups in total. The van der Waals surface area contributed by atoms with Crippen LogP contribution in [0.3, 0.4) is 0 Å². The normalized spacial score (nSPS) is 27.4. The molecule has 6 atom stereocenters. The van der Waals surface area contributed by atoms with Crippen molar-refractivity contribution in [1.82, 2.24) is 10.2 Å². The Kier molecular flexibility index (Phi) is 8.42. The molecular formula is C31H39N3O6. The second kappa shape index (κ2) is 12.0. The van der Waals surface area contributed by atoms with E-state index in [0.29, 0.717) is 43.9 Å². The lowest BCUT2D eigenvalue weighted by Gasteiger charge is -2.36. The number of hydrogen-bond donors (Lipinski definition) is 3. The third-order valence-electron chi connectivity index (χ3n) is 8.47. The maximum atomic E-state index is 14.2. The number of amides is 3. The van der Waals surface area contributed by atoms with Crippen LogP contribution in [0.4, 0.5) is 5.69 Å². The molecule has 1 spiro atoms. The van der Waals surface area contributed by atoms with E-state index in [1.165, 1.54) is 4.90 Å².